The number of thioether (sulfide) groups is 1. The average Bonchev–Trinajstić information content (AvgIpc) is 2.47. The second-order valence-corrected chi connectivity index (χ2v) is 5.92. The first-order chi connectivity index (χ1) is 9.67. The third-order valence-electron chi connectivity index (χ3n) is 2.93. The van der Waals surface area contributed by atoms with Crippen molar-refractivity contribution in [2.45, 2.75) is 20.3 Å². The molecule has 0 aromatic heterocycles. The Labute approximate surface area is 131 Å². The summed E-state index contributed by atoms with van der Waals surface area (Å²) in [5.41, 5.74) is 1.24. The molecule has 0 aliphatic carbocycles. The Morgan fingerprint density at radius 3 is 2.50 bits per heavy atom. The zero-order valence-corrected chi connectivity index (χ0v) is 13.7. The summed E-state index contributed by atoms with van der Waals surface area (Å²) in [6, 6.07) is 10.1. The minimum Gasteiger partial charge on any atom is -0.358 e. The molecule has 20 heavy (non-hydrogen) atoms. The van der Waals surface area contributed by atoms with E-state index in [-0.39, 0.29) is 5.91 Å². The van der Waals surface area contributed by atoms with Crippen molar-refractivity contribution < 1.29 is 4.79 Å². The van der Waals surface area contributed by atoms with Crippen LogP contribution in [-0.2, 0) is 11.2 Å². The van der Waals surface area contributed by atoms with E-state index in [9.17, 15) is 4.79 Å². The summed E-state index contributed by atoms with van der Waals surface area (Å²) in [4.78, 5) is 13.8. The third kappa shape index (κ3) is 6.39. The molecule has 0 heterocycles. The summed E-state index contributed by atoms with van der Waals surface area (Å²) in [6.45, 7) is 6.57. The number of nitrogens with zero attached hydrogens (tertiary/aromatic N) is 1. The summed E-state index contributed by atoms with van der Waals surface area (Å²) in [5, 5.41) is 2.92. The molecule has 0 aliphatic heterocycles. The molecule has 1 rings (SSSR count). The van der Waals surface area contributed by atoms with Gasteiger partial charge in [0.2, 0.25) is 5.91 Å². The van der Waals surface area contributed by atoms with E-state index < -0.39 is 0 Å². The lowest BCUT2D eigenvalue weighted by molar-refractivity contribution is -0.118. The van der Waals surface area contributed by atoms with Gasteiger partial charge in [-0.3, -0.25) is 4.79 Å². The highest BCUT2D eigenvalue weighted by Gasteiger charge is 2.08. The Hall–Kier alpha value is -1.07. The van der Waals surface area contributed by atoms with E-state index in [4.69, 9.17) is 12.2 Å². The van der Waals surface area contributed by atoms with Gasteiger partial charge in [-0.2, -0.15) is 0 Å². The van der Waals surface area contributed by atoms with Crippen molar-refractivity contribution in [3.63, 3.8) is 0 Å². The Bertz CT molecular complexity index is 419. The van der Waals surface area contributed by atoms with Crippen LogP contribution in [0.5, 0.6) is 0 Å². The number of carbonyl (C=O) groups excluding carboxylic acids is 1. The van der Waals surface area contributed by atoms with E-state index in [0.29, 0.717) is 12.3 Å². The van der Waals surface area contributed by atoms with Gasteiger partial charge in [0.1, 0.15) is 4.32 Å². The molecule has 3 nitrogen and oxygen atoms in total. The van der Waals surface area contributed by atoms with E-state index in [1.165, 1.54) is 17.3 Å². The molecule has 0 saturated carbocycles. The molecule has 110 valence electrons. The average molecular weight is 310 g/mol. The van der Waals surface area contributed by atoms with E-state index in [0.717, 1.165) is 23.8 Å². The molecule has 0 radical (unpaired) electrons. The molecule has 0 bridgehead atoms. The fraction of sp³-hybridized carbons (Fsp3) is 0.467. The lowest BCUT2D eigenvalue weighted by Crippen LogP contribution is -2.31. The summed E-state index contributed by atoms with van der Waals surface area (Å²) in [6.07, 6.45) is 0.859. The van der Waals surface area contributed by atoms with Crippen LogP contribution in [0, 0.1) is 0 Å². The first-order valence-corrected chi connectivity index (χ1v) is 8.29. The van der Waals surface area contributed by atoms with Crippen LogP contribution >= 0.6 is 24.0 Å². The predicted octanol–water partition coefficient (Wildman–Crippen LogP) is 2.71. The van der Waals surface area contributed by atoms with Crippen molar-refractivity contribution in [2.75, 3.05) is 25.4 Å². The molecule has 1 N–H and O–H groups in total. The van der Waals surface area contributed by atoms with E-state index in [1.54, 1.807) is 0 Å². The lowest BCUT2D eigenvalue weighted by Gasteiger charge is -2.20. The first-order valence-electron chi connectivity index (χ1n) is 6.89. The van der Waals surface area contributed by atoms with E-state index >= 15 is 0 Å². The molecule has 1 aromatic carbocycles. The van der Waals surface area contributed by atoms with Crippen molar-refractivity contribution in [3.05, 3.63) is 35.9 Å². The number of carbonyl (C=O) groups is 1. The summed E-state index contributed by atoms with van der Waals surface area (Å²) in [5.74, 6) is 0.435. The largest absolute Gasteiger partial charge is 0.358 e. The zero-order chi connectivity index (χ0) is 14.8. The van der Waals surface area contributed by atoms with Crippen LogP contribution in [0.25, 0.3) is 0 Å². The molecule has 0 saturated heterocycles. The van der Waals surface area contributed by atoms with Crippen molar-refractivity contribution in [1.82, 2.24) is 10.2 Å². The normalized spacial score (nSPS) is 10.1. The fourth-order valence-corrected chi connectivity index (χ4v) is 2.97. The number of nitrogens with one attached hydrogen (secondary N) is 1. The Balaban J connectivity index is 2.19. The maximum absolute atomic E-state index is 11.7. The van der Waals surface area contributed by atoms with Crippen LogP contribution < -0.4 is 5.32 Å². The molecule has 5 heteroatoms. The maximum Gasteiger partial charge on any atom is 0.230 e. The number of hydrogen-bond donors (Lipinski definition) is 1. The molecule has 1 aromatic rings. The highest BCUT2D eigenvalue weighted by atomic mass is 32.2. The Kier molecular flexibility index (Phi) is 8.30. The van der Waals surface area contributed by atoms with E-state index in [1.807, 2.05) is 18.2 Å². The van der Waals surface area contributed by atoms with Gasteiger partial charge in [-0.1, -0.05) is 54.3 Å². The number of amides is 1. The van der Waals surface area contributed by atoms with Gasteiger partial charge in [0.15, 0.2) is 0 Å². The first kappa shape index (κ1) is 17.0. The van der Waals surface area contributed by atoms with Crippen molar-refractivity contribution >= 4 is 34.2 Å². The topological polar surface area (TPSA) is 32.3 Å². The van der Waals surface area contributed by atoms with Crippen molar-refractivity contribution in [2.24, 2.45) is 0 Å². The minimum absolute atomic E-state index is 0.0421. The molecule has 0 fully saturated rings. The molecule has 0 aliphatic rings. The van der Waals surface area contributed by atoms with Gasteiger partial charge in [0.25, 0.3) is 0 Å². The maximum atomic E-state index is 11.7. The molecular formula is C15H22N2OS2. The molecule has 0 spiro atoms. The van der Waals surface area contributed by atoms with Crippen LogP contribution in [0.15, 0.2) is 30.3 Å². The fourth-order valence-electron chi connectivity index (χ4n) is 1.74. The minimum atomic E-state index is 0.0421. The monoisotopic (exact) mass is 310 g/mol. The number of benzene rings is 1. The summed E-state index contributed by atoms with van der Waals surface area (Å²) in [7, 11) is 0. The van der Waals surface area contributed by atoms with Gasteiger partial charge in [-0.05, 0) is 25.8 Å². The summed E-state index contributed by atoms with van der Waals surface area (Å²) >= 11 is 6.72. The summed E-state index contributed by atoms with van der Waals surface area (Å²) < 4.78 is 0.799. The Morgan fingerprint density at radius 2 is 1.90 bits per heavy atom. The quantitative estimate of drug-likeness (QED) is 0.785. The third-order valence-corrected chi connectivity index (χ3v) is 4.45. The van der Waals surface area contributed by atoms with Gasteiger partial charge >= 0.3 is 0 Å². The second-order valence-electron chi connectivity index (χ2n) is 4.31. The Morgan fingerprint density at radius 1 is 1.25 bits per heavy atom. The second kappa shape index (κ2) is 9.77. The van der Waals surface area contributed by atoms with Gasteiger partial charge in [0, 0.05) is 19.6 Å². The van der Waals surface area contributed by atoms with Crippen LogP contribution in [-0.4, -0.2) is 40.5 Å². The highest BCUT2D eigenvalue weighted by molar-refractivity contribution is 8.23. The predicted molar refractivity (Wildman–Crippen MR) is 91.1 cm³/mol. The smallest absolute Gasteiger partial charge is 0.230 e. The van der Waals surface area contributed by atoms with Crippen LogP contribution in [0.4, 0.5) is 0 Å². The van der Waals surface area contributed by atoms with Gasteiger partial charge in [0.05, 0.1) is 5.75 Å². The molecule has 0 atom stereocenters. The number of thiocarbonyl (C=S) groups is 1. The van der Waals surface area contributed by atoms with E-state index in [2.05, 4.69) is 36.2 Å². The van der Waals surface area contributed by atoms with Crippen LogP contribution in [0.2, 0.25) is 0 Å². The standard InChI is InChI=1S/C15H22N2OS2/c1-3-17(4-2)15(19)20-12-14(18)16-11-10-13-8-6-5-7-9-13/h5-9H,3-4,10-12H2,1-2H3,(H,16,18). The molecular weight excluding hydrogens is 288 g/mol. The van der Waals surface area contributed by atoms with Gasteiger partial charge in [-0.25, -0.2) is 0 Å². The molecule has 1 amide bonds. The van der Waals surface area contributed by atoms with Crippen LogP contribution in [0.1, 0.15) is 19.4 Å². The van der Waals surface area contributed by atoms with Gasteiger partial charge in [-0.15, -0.1) is 0 Å². The number of hydrogen-bond acceptors (Lipinski definition) is 3. The van der Waals surface area contributed by atoms with Gasteiger partial charge < -0.3 is 10.2 Å². The highest BCUT2D eigenvalue weighted by Crippen LogP contribution is 2.08. The van der Waals surface area contributed by atoms with Crippen molar-refractivity contribution in [1.29, 1.82) is 0 Å². The number of rotatable bonds is 7. The lowest BCUT2D eigenvalue weighted by atomic mass is 10.1. The molecule has 0 unspecified atom stereocenters. The zero-order valence-electron chi connectivity index (χ0n) is 12.1. The van der Waals surface area contributed by atoms with Crippen molar-refractivity contribution in [3.8, 4) is 0 Å². The SMILES string of the molecule is CCN(CC)C(=S)SCC(=O)NCCc1ccccc1. The van der Waals surface area contributed by atoms with Crippen LogP contribution in [0.3, 0.4) is 0 Å².